The molecule has 0 aliphatic carbocycles. The summed E-state index contributed by atoms with van der Waals surface area (Å²) in [5, 5.41) is 7.99. The van der Waals surface area contributed by atoms with Gasteiger partial charge in [-0.2, -0.15) is 0 Å². The third kappa shape index (κ3) is 5.49. The summed E-state index contributed by atoms with van der Waals surface area (Å²) >= 11 is 0. The molecule has 0 atom stereocenters. The molecule has 0 radical (unpaired) electrons. The van der Waals surface area contributed by atoms with Crippen LogP contribution in [-0.4, -0.2) is 19.2 Å². The number of rotatable bonds is 6. The van der Waals surface area contributed by atoms with Gasteiger partial charge in [-0.3, -0.25) is 0 Å². The Labute approximate surface area is 166 Å². The van der Waals surface area contributed by atoms with Gasteiger partial charge in [-0.15, -0.1) is 0 Å². The number of amides is 2. The predicted molar refractivity (Wildman–Crippen MR) is 116 cm³/mol. The lowest BCUT2D eigenvalue weighted by Gasteiger charge is -2.19. The summed E-state index contributed by atoms with van der Waals surface area (Å²) in [5.74, 6) is 0.855. The van der Waals surface area contributed by atoms with Crippen LogP contribution in [0.25, 0.3) is 10.8 Å². The van der Waals surface area contributed by atoms with Crippen LogP contribution >= 0.6 is 0 Å². The lowest BCUT2D eigenvalue weighted by Crippen LogP contribution is -2.30. The van der Waals surface area contributed by atoms with Crippen LogP contribution < -0.4 is 15.4 Å². The minimum atomic E-state index is -0.204. The number of urea groups is 1. The van der Waals surface area contributed by atoms with E-state index in [0.717, 1.165) is 28.6 Å². The van der Waals surface area contributed by atoms with Crippen molar-refractivity contribution < 1.29 is 9.53 Å². The molecule has 28 heavy (non-hydrogen) atoms. The van der Waals surface area contributed by atoms with Gasteiger partial charge in [-0.05, 0) is 52.4 Å². The smallest absolute Gasteiger partial charge is 0.319 e. The Balaban J connectivity index is 1.38. The first-order valence-corrected chi connectivity index (χ1v) is 9.69. The molecule has 4 nitrogen and oxygen atoms in total. The second kappa shape index (κ2) is 8.79. The summed E-state index contributed by atoms with van der Waals surface area (Å²) in [7, 11) is 0. The molecule has 0 aliphatic heterocycles. The molecule has 3 aromatic rings. The number of carbonyl (C=O) groups is 1. The second-order valence-corrected chi connectivity index (χ2v) is 7.92. The maximum Gasteiger partial charge on any atom is 0.319 e. The standard InChI is InChI=1S/C24H28N2O2/c1-24(2,3)20-10-13-22(14-11-20)28-16-6-15-25-23(27)26-21-12-9-18-7-4-5-8-19(18)17-21/h4-5,7-14,17H,6,15-16H2,1-3H3,(H2,25,26,27). The van der Waals surface area contributed by atoms with E-state index in [2.05, 4.69) is 49.6 Å². The summed E-state index contributed by atoms with van der Waals surface area (Å²) in [6.45, 7) is 7.69. The molecule has 4 heteroatoms. The molecule has 3 aromatic carbocycles. The molecule has 0 saturated carbocycles. The van der Waals surface area contributed by atoms with E-state index in [4.69, 9.17) is 4.74 Å². The normalized spacial score (nSPS) is 11.2. The molecule has 3 rings (SSSR count). The molecule has 0 heterocycles. The first-order valence-electron chi connectivity index (χ1n) is 9.69. The SMILES string of the molecule is CC(C)(C)c1ccc(OCCCNC(=O)Nc2ccc3ccccc3c2)cc1. The number of anilines is 1. The lowest BCUT2D eigenvalue weighted by atomic mass is 9.87. The van der Waals surface area contributed by atoms with Gasteiger partial charge >= 0.3 is 6.03 Å². The molecule has 146 valence electrons. The van der Waals surface area contributed by atoms with Gasteiger partial charge in [0, 0.05) is 12.2 Å². The fourth-order valence-electron chi connectivity index (χ4n) is 2.96. The summed E-state index contributed by atoms with van der Waals surface area (Å²) in [5.41, 5.74) is 2.21. The zero-order valence-corrected chi connectivity index (χ0v) is 16.8. The van der Waals surface area contributed by atoms with Gasteiger partial charge in [-0.25, -0.2) is 4.79 Å². The van der Waals surface area contributed by atoms with Crippen molar-refractivity contribution in [2.24, 2.45) is 0 Å². The average Bonchev–Trinajstić information content (AvgIpc) is 2.67. The number of hydrogen-bond donors (Lipinski definition) is 2. The molecule has 0 aliphatic rings. The highest BCUT2D eigenvalue weighted by molar-refractivity contribution is 5.93. The first kappa shape index (κ1) is 19.7. The number of carbonyl (C=O) groups excluding carboxylic acids is 1. The Morgan fingerprint density at radius 2 is 1.64 bits per heavy atom. The molecule has 2 N–H and O–H groups in total. The highest BCUT2D eigenvalue weighted by atomic mass is 16.5. The quantitative estimate of drug-likeness (QED) is 0.540. The van der Waals surface area contributed by atoms with Crippen LogP contribution in [0.15, 0.2) is 66.7 Å². The van der Waals surface area contributed by atoms with E-state index < -0.39 is 0 Å². The largest absolute Gasteiger partial charge is 0.494 e. The van der Waals surface area contributed by atoms with Gasteiger partial charge in [0.1, 0.15) is 5.75 Å². The van der Waals surface area contributed by atoms with E-state index in [0.29, 0.717) is 13.2 Å². The van der Waals surface area contributed by atoms with E-state index >= 15 is 0 Å². The Bertz CT molecular complexity index is 927. The van der Waals surface area contributed by atoms with Gasteiger partial charge in [-0.1, -0.05) is 63.2 Å². The molecular formula is C24H28N2O2. The summed E-state index contributed by atoms with van der Waals surface area (Å²) in [6, 6.07) is 22.0. The highest BCUT2D eigenvalue weighted by Crippen LogP contribution is 2.24. The molecule has 0 bridgehead atoms. The zero-order chi connectivity index (χ0) is 20.0. The summed E-state index contributed by atoms with van der Waals surface area (Å²) in [4.78, 5) is 12.1. The summed E-state index contributed by atoms with van der Waals surface area (Å²) in [6.07, 6.45) is 0.742. The molecule has 0 unspecified atom stereocenters. The highest BCUT2D eigenvalue weighted by Gasteiger charge is 2.12. The fourth-order valence-corrected chi connectivity index (χ4v) is 2.96. The number of hydrogen-bond acceptors (Lipinski definition) is 2. The van der Waals surface area contributed by atoms with Crippen molar-refractivity contribution in [2.75, 3.05) is 18.5 Å². The van der Waals surface area contributed by atoms with Crippen molar-refractivity contribution in [1.82, 2.24) is 5.32 Å². The topological polar surface area (TPSA) is 50.4 Å². The number of benzene rings is 3. The van der Waals surface area contributed by atoms with Gasteiger partial charge in [0.15, 0.2) is 0 Å². The third-order valence-electron chi connectivity index (χ3n) is 4.60. The van der Waals surface area contributed by atoms with Crippen LogP contribution in [0.3, 0.4) is 0 Å². The Hall–Kier alpha value is -3.01. The van der Waals surface area contributed by atoms with Crippen LogP contribution in [0.2, 0.25) is 0 Å². The van der Waals surface area contributed by atoms with Crippen LogP contribution in [-0.2, 0) is 5.41 Å². The van der Waals surface area contributed by atoms with Gasteiger partial charge in [0.2, 0.25) is 0 Å². The zero-order valence-electron chi connectivity index (χ0n) is 16.8. The lowest BCUT2D eigenvalue weighted by molar-refractivity contribution is 0.250. The number of ether oxygens (including phenoxy) is 1. The van der Waals surface area contributed by atoms with Crippen LogP contribution in [0.4, 0.5) is 10.5 Å². The summed E-state index contributed by atoms with van der Waals surface area (Å²) < 4.78 is 5.75. The predicted octanol–water partition coefficient (Wildman–Crippen LogP) is 5.73. The van der Waals surface area contributed by atoms with Crippen molar-refractivity contribution in [3.8, 4) is 5.75 Å². The van der Waals surface area contributed by atoms with Crippen molar-refractivity contribution in [1.29, 1.82) is 0 Å². The monoisotopic (exact) mass is 376 g/mol. The maximum absolute atomic E-state index is 12.1. The first-order chi connectivity index (χ1) is 13.4. The van der Waals surface area contributed by atoms with Crippen molar-refractivity contribution in [2.45, 2.75) is 32.6 Å². The van der Waals surface area contributed by atoms with Gasteiger partial charge in [0.25, 0.3) is 0 Å². The molecule has 0 fully saturated rings. The Morgan fingerprint density at radius 3 is 2.36 bits per heavy atom. The van der Waals surface area contributed by atoms with Crippen molar-refractivity contribution >= 4 is 22.5 Å². The molecule has 2 amide bonds. The van der Waals surface area contributed by atoms with Crippen molar-refractivity contribution in [3.05, 3.63) is 72.3 Å². The van der Waals surface area contributed by atoms with Crippen molar-refractivity contribution in [3.63, 3.8) is 0 Å². The average molecular weight is 377 g/mol. The fraction of sp³-hybridized carbons (Fsp3) is 0.292. The van der Waals surface area contributed by atoms with E-state index in [9.17, 15) is 4.79 Å². The van der Waals surface area contributed by atoms with Crippen LogP contribution in [0.5, 0.6) is 5.75 Å². The molecule has 0 aromatic heterocycles. The van der Waals surface area contributed by atoms with E-state index in [1.165, 1.54) is 5.56 Å². The third-order valence-corrected chi connectivity index (χ3v) is 4.60. The van der Waals surface area contributed by atoms with E-state index in [1.54, 1.807) is 0 Å². The molecule has 0 spiro atoms. The van der Waals surface area contributed by atoms with E-state index in [1.807, 2.05) is 48.5 Å². The van der Waals surface area contributed by atoms with Crippen LogP contribution in [0.1, 0.15) is 32.8 Å². The minimum absolute atomic E-state index is 0.140. The van der Waals surface area contributed by atoms with Gasteiger partial charge < -0.3 is 15.4 Å². The van der Waals surface area contributed by atoms with E-state index in [-0.39, 0.29) is 11.4 Å². The molecule has 0 saturated heterocycles. The van der Waals surface area contributed by atoms with Crippen LogP contribution in [0, 0.1) is 0 Å². The number of fused-ring (bicyclic) bond motifs is 1. The number of nitrogens with one attached hydrogen (secondary N) is 2. The Kier molecular flexibility index (Phi) is 6.19. The maximum atomic E-state index is 12.1. The minimum Gasteiger partial charge on any atom is -0.494 e. The second-order valence-electron chi connectivity index (χ2n) is 7.92. The Morgan fingerprint density at radius 1 is 0.929 bits per heavy atom. The van der Waals surface area contributed by atoms with Gasteiger partial charge in [0.05, 0.1) is 6.61 Å². The molecular weight excluding hydrogens is 348 g/mol.